The van der Waals surface area contributed by atoms with Gasteiger partial charge in [-0.2, -0.15) is 0 Å². The van der Waals surface area contributed by atoms with Crippen molar-refractivity contribution in [1.29, 1.82) is 0 Å². The summed E-state index contributed by atoms with van der Waals surface area (Å²) < 4.78 is 0. The van der Waals surface area contributed by atoms with Crippen molar-refractivity contribution in [2.45, 2.75) is 6.10 Å². The fraction of sp³-hybridized carbons (Fsp3) is 0.222. The molecule has 7 heteroatoms. The molecule has 0 bridgehead atoms. The van der Waals surface area contributed by atoms with Gasteiger partial charge in [0.15, 0.2) is 0 Å². The summed E-state index contributed by atoms with van der Waals surface area (Å²) in [6, 6.07) is 2.52. The molecule has 0 aliphatic rings. The highest BCUT2D eigenvalue weighted by molar-refractivity contribution is 5.94. The van der Waals surface area contributed by atoms with E-state index >= 15 is 0 Å². The van der Waals surface area contributed by atoms with Gasteiger partial charge in [0.05, 0.1) is 12.1 Å². The Balaban J connectivity index is 2.56. The lowest BCUT2D eigenvalue weighted by atomic mass is 10.2. The fourth-order valence-electron chi connectivity index (χ4n) is 0.944. The Morgan fingerprint density at radius 2 is 2.19 bits per heavy atom. The highest BCUT2D eigenvalue weighted by Gasteiger charge is 2.12. The molecule has 16 heavy (non-hydrogen) atoms. The number of hydrogen-bond acceptors (Lipinski definition) is 4. The van der Waals surface area contributed by atoms with E-state index in [1.807, 2.05) is 0 Å². The average Bonchev–Trinajstić information content (AvgIpc) is 2.26. The van der Waals surface area contributed by atoms with Crippen LogP contribution in [0.2, 0.25) is 0 Å². The second-order valence-electron chi connectivity index (χ2n) is 3.07. The van der Waals surface area contributed by atoms with Crippen molar-refractivity contribution in [2.75, 3.05) is 6.54 Å². The van der Waals surface area contributed by atoms with Gasteiger partial charge < -0.3 is 21.1 Å². The number of pyridine rings is 1. The van der Waals surface area contributed by atoms with Crippen LogP contribution in [0.15, 0.2) is 23.1 Å². The zero-order chi connectivity index (χ0) is 12.1. The van der Waals surface area contributed by atoms with E-state index in [-0.39, 0.29) is 17.7 Å². The second kappa shape index (κ2) is 5.08. The molecule has 1 aromatic heterocycles. The molecule has 0 fully saturated rings. The number of aromatic nitrogens is 1. The molecule has 5 N–H and O–H groups in total. The van der Waals surface area contributed by atoms with Gasteiger partial charge >= 0.3 is 0 Å². The zero-order valence-corrected chi connectivity index (χ0v) is 8.27. The number of rotatable bonds is 4. The molecule has 0 aliphatic carbocycles. The summed E-state index contributed by atoms with van der Waals surface area (Å²) in [7, 11) is 0. The lowest BCUT2D eigenvalue weighted by Gasteiger charge is -2.07. The van der Waals surface area contributed by atoms with E-state index in [9.17, 15) is 14.4 Å². The van der Waals surface area contributed by atoms with Gasteiger partial charge in [0, 0.05) is 12.3 Å². The first-order chi connectivity index (χ1) is 7.50. The minimum Gasteiger partial charge on any atom is -0.381 e. The van der Waals surface area contributed by atoms with Gasteiger partial charge in [-0.05, 0) is 6.07 Å². The number of H-pyrrole nitrogens is 1. The second-order valence-corrected chi connectivity index (χ2v) is 3.07. The number of carbonyl (C=O) groups excluding carboxylic acids is 2. The normalized spacial score (nSPS) is 11.8. The summed E-state index contributed by atoms with van der Waals surface area (Å²) in [5.41, 5.74) is 4.69. The van der Waals surface area contributed by atoms with Crippen LogP contribution in [0.1, 0.15) is 10.4 Å². The Bertz CT molecular complexity index is 434. The van der Waals surface area contributed by atoms with Crippen LogP contribution in [0.5, 0.6) is 0 Å². The monoisotopic (exact) mass is 225 g/mol. The molecule has 0 saturated heterocycles. The Kier molecular flexibility index (Phi) is 3.78. The SMILES string of the molecule is NC(=O)C(O)CNC(=O)c1ccc(=O)[nH]c1. The number of nitrogens with one attached hydrogen (secondary N) is 2. The summed E-state index contributed by atoms with van der Waals surface area (Å²) in [4.78, 5) is 34.9. The number of primary amides is 1. The Morgan fingerprint density at radius 1 is 1.50 bits per heavy atom. The van der Waals surface area contributed by atoms with E-state index in [1.54, 1.807) is 0 Å². The Labute approximate surface area is 90.3 Å². The highest BCUT2D eigenvalue weighted by atomic mass is 16.3. The minimum absolute atomic E-state index is 0.219. The molecule has 1 heterocycles. The maximum absolute atomic E-state index is 11.4. The zero-order valence-electron chi connectivity index (χ0n) is 8.27. The number of aliphatic hydroxyl groups is 1. The third-order valence-electron chi connectivity index (χ3n) is 1.83. The topological polar surface area (TPSA) is 125 Å². The van der Waals surface area contributed by atoms with Crippen LogP contribution >= 0.6 is 0 Å². The number of aromatic amines is 1. The number of aliphatic hydroxyl groups excluding tert-OH is 1. The van der Waals surface area contributed by atoms with Crippen LogP contribution in [0.25, 0.3) is 0 Å². The van der Waals surface area contributed by atoms with Gasteiger partial charge in [-0.1, -0.05) is 0 Å². The molecule has 1 unspecified atom stereocenters. The summed E-state index contributed by atoms with van der Waals surface area (Å²) in [6.45, 7) is -0.271. The van der Waals surface area contributed by atoms with Crippen molar-refractivity contribution in [3.63, 3.8) is 0 Å². The molecule has 2 amide bonds. The van der Waals surface area contributed by atoms with Crippen molar-refractivity contribution in [3.8, 4) is 0 Å². The molecule has 0 aromatic carbocycles. The standard InChI is InChI=1S/C9H11N3O4/c10-8(15)6(13)4-12-9(16)5-1-2-7(14)11-3-5/h1-3,6,13H,4H2,(H2,10,15)(H,11,14)(H,12,16). The van der Waals surface area contributed by atoms with Gasteiger partial charge in [0.25, 0.3) is 5.91 Å². The Morgan fingerprint density at radius 3 is 2.69 bits per heavy atom. The Hall–Kier alpha value is -2.15. The lowest BCUT2D eigenvalue weighted by molar-refractivity contribution is -0.125. The van der Waals surface area contributed by atoms with Crippen molar-refractivity contribution in [1.82, 2.24) is 10.3 Å². The van der Waals surface area contributed by atoms with E-state index in [1.165, 1.54) is 18.3 Å². The largest absolute Gasteiger partial charge is 0.381 e. The van der Waals surface area contributed by atoms with Gasteiger partial charge in [-0.3, -0.25) is 14.4 Å². The van der Waals surface area contributed by atoms with E-state index in [4.69, 9.17) is 10.8 Å². The number of nitrogens with two attached hydrogens (primary N) is 1. The summed E-state index contributed by atoms with van der Waals surface area (Å²) in [5, 5.41) is 11.3. The smallest absolute Gasteiger partial charge is 0.252 e. The first kappa shape index (κ1) is 11.9. The minimum atomic E-state index is -1.42. The van der Waals surface area contributed by atoms with Crippen molar-refractivity contribution in [3.05, 3.63) is 34.2 Å². The van der Waals surface area contributed by atoms with Crippen LogP contribution < -0.4 is 16.6 Å². The number of amides is 2. The molecule has 0 aliphatic heterocycles. The molecule has 1 aromatic rings. The molecule has 7 nitrogen and oxygen atoms in total. The van der Waals surface area contributed by atoms with Crippen LogP contribution in [0.4, 0.5) is 0 Å². The summed E-state index contributed by atoms with van der Waals surface area (Å²) in [6.07, 6.45) is -0.194. The molecule has 0 saturated carbocycles. The lowest BCUT2D eigenvalue weighted by Crippen LogP contribution is -2.40. The van der Waals surface area contributed by atoms with Crippen LogP contribution in [-0.4, -0.2) is 34.6 Å². The van der Waals surface area contributed by atoms with Crippen molar-refractivity contribution in [2.24, 2.45) is 5.73 Å². The fourth-order valence-corrected chi connectivity index (χ4v) is 0.944. The maximum atomic E-state index is 11.4. The molecular weight excluding hydrogens is 214 g/mol. The highest BCUT2D eigenvalue weighted by Crippen LogP contribution is 1.92. The van der Waals surface area contributed by atoms with E-state index in [0.29, 0.717) is 0 Å². The summed E-state index contributed by atoms with van der Waals surface area (Å²) in [5.74, 6) is -1.43. The first-order valence-electron chi connectivity index (χ1n) is 4.45. The van der Waals surface area contributed by atoms with E-state index in [2.05, 4.69) is 10.3 Å². The van der Waals surface area contributed by atoms with Crippen LogP contribution in [0.3, 0.4) is 0 Å². The predicted octanol–water partition coefficient (Wildman–Crippen LogP) is -2.05. The predicted molar refractivity (Wildman–Crippen MR) is 54.6 cm³/mol. The molecular formula is C9H11N3O4. The molecule has 1 atom stereocenters. The number of carbonyl (C=O) groups is 2. The van der Waals surface area contributed by atoms with Crippen molar-refractivity contribution < 1.29 is 14.7 Å². The third-order valence-corrected chi connectivity index (χ3v) is 1.83. The quantitative estimate of drug-likeness (QED) is 0.470. The molecule has 0 radical (unpaired) electrons. The van der Waals surface area contributed by atoms with Gasteiger partial charge in [-0.15, -0.1) is 0 Å². The van der Waals surface area contributed by atoms with Crippen LogP contribution in [-0.2, 0) is 4.79 Å². The molecule has 1 rings (SSSR count). The van der Waals surface area contributed by atoms with E-state index < -0.39 is 17.9 Å². The third kappa shape index (κ3) is 3.21. The maximum Gasteiger partial charge on any atom is 0.252 e. The summed E-state index contributed by atoms with van der Waals surface area (Å²) >= 11 is 0. The van der Waals surface area contributed by atoms with E-state index in [0.717, 1.165) is 0 Å². The van der Waals surface area contributed by atoms with Gasteiger partial charge in [0.1, 0.15) is 6.10 Å². The first-order valence-corrected chi connectivity index (χ1v) is 4.45. The molecule has 86 valence electrons. The van der Waals surface area contributed by atoms with Crippen LogP contribution in [0, 0.1) is 0 Å². The molecule has 0 spiro atoms. The van der Waals surface area contributed by atoms with Crippen molar-refractivity contribution >= 4 is 11.8 Å². The van der Waals surface area contributed by atoms with Gasteiger partial charge in [-0.25, -0.2) is 0 Å². The average molecular weight is 225 g/mol. The van der Waals surface area contributed by atoms with Gasteiger partial charge in [0.2, 0.25) is 11.5 Å². The number of hydrogen-bond donors (Lipinski definition) is 4.